The van der Waals surface area contributed by atoms with Gasteiger partial charge in [-0.25, -0.2) is 0 Å². The number of carbonyl (C=O) groups excluding carboxylic acids is 1. The van der Waals surface area contributed by atoms with Gasteiger partial charge in [-0.1, -0.05) is 37.5 Å². The summed E-state index contributed by atoms with van der Waals surface area (Å²) in [5, 5.41) is 12.2. The second kappa shape index (κ2) is 6.29. The normalized spacial score (nSPS) is 17.2. The molecular formula is C17H23NO3. The minimum absolute atomic E-state index is 0.00364. The van der Waals surface area contributed by atoms with Crippen LogP contribution in [-0.4, -0.2) is 22.5 Å². The Bertz CT molecular complexity index is 525. The van der Waals surface area contributed by atoms with Crippen molar-refractivity contribution in [1.82, 2.24) is 5.32 Å². The molecule has 1 aromatic carbocycles. The molecule has 0 aromatic heterocycles. The van der Waals surface area contributed by atoms with Crippen LogP contribution < -0.4 is 5.32 Å². The molecule has 2 N–H and O–H groups in total. The van der Waals surface area contributed by atoms with Gasteiger partial charge in [0, 0.05) is 5.56 Å². The zero-order valence-corrected chi connectivity index (χ0v) is 12.7. The van der Waals surface area contributed by atoms with Gasteiger partial charge in [0.1, 0.15) is 0 Å². The second-order valence-electron chi connectivity index (χ2n) is 6.13. The molecule has 1 aliphatic rings. The summed E-state index contributed by atoms with van der Waals surface area (Å²) < 4.78 is 0. The SMILES string of the molecule is Cc1cccc(C)c1C(=O)NC1(CC(=O)O)CCCCC1. The van der Waals surface area contributed by atoms with Gasteiger partial charge < -0.3 is 10.4 Å². The molecular weight excluding hydrogens is 266 g/mol. The van der Waals surface area contributed by atoms with Crippen molar-refractivity contribution in [2.75, 3.05) is 0 Å². The Balaban J connectivity index is 2.24. The third-order valence-corrected chi connectivity index (χ3v) is 4.39. The van der Waals surface area contributed by atoms with Crippen molar-refractivity contribution < 1.29 is 14.7 Å². The van der Waals surface area contributed by atoms with E-state index in [-0.39, 0.29) is 12.3 Å². The van der Waals surface area contributed by atoms with Gasteiger partial charge in [-0.15, -0.1) is 0 Å². The van der Waals surface area contributed by atoms with Gasteiger partial charge in [0.2, 0.25) is 0 Å². The summed E-state index contributed by atoms with van der Waals surface area (Å²) in [6.07, 6.45) is 4.55. The summed E-state index contributed by atoms with van der Waals surface area (Å²) in [5.74, 6) is -0.993. The van der Waals surface area contributed by atoms with Crippen LogP contribution in [0.15, 0.2) is 18.2 Å². The van der Waals surface area contributed by atoms with E-state index in [4.69, 9.17) is 0 Å². The molecule has 0 saturated heterocycles. The highest BCUT2D eigenvalue weighted by Crippen LogP contribution is 2.31. The van der Waals surface area contributed by atoms with Gasteiger partial charge >= 0.3 is 5.97 Å². The highest BCUT2D eigenvalue weighted by atomic mass is 16.4. The van der Waals surface area contributed by atoms with Crippen LogP contribution in [0, 0.1) is 13.8 Å². The van der Waals surface area contributed by atoms with Gasteiger partial charge in [-0.3, -0.25) is 9.59 Å². The first-order valence-corrected chi connectivity index (χ1v) is 7.54. The first kappa shape index (κ1) is 15.5. The van der Waals surface area contributed by atoms with Crippen molar-refractivity contribution in [3.8, 4) is 0 Å². The first-order valence-electron chi connectivity index (χ1n) is 7.54. The summed E-state index contributed by atoms with van der Waals surface area (Å²) in [6.45, 7) is 3.82. The van der Waals surface area contributed by atoms with E-state index in [9.17, 15) is 14.7 Å². The van der Waals surface area contributed by atoms with E-state index in [0.29, 0.717) is 5.56 Å². The van der Waals surface area contributed by atoms with Crippen molar-refractivity contribution in [1.29, 1.82) is 0 Å². The molecule has 0 heterocycles. The molecule has 1 fully saturated rings. The van der Waals surface area contributed by atoms with E-state index < -0.39 is 11.5 Å². The summed E-state index contributed by atoms with van der Waals surface area (Å²) >= 11 is 0. The summed E-state index contributed by atoms with van der Waals surface area (Å²) in [6, 6.07) is 5.74. The fraction of sp³-hybridized carbons (Fsp3) is 0.529. The topological polar surface area (TPSA) is 66.4 Å². The lowest BCUT2D eigenvalue weighted by atomic mass is 9.79. The van der Waals surface area contributed by atoms with Crippen molar-refractivity contribution in [3.63, 3.8) is 0 Å². The zero-order valence-electron chi connectivity index (χ0n) is 12.7. The van der Waals surface area contributed by atoms with Crippen LogP contribution in [-0.2, 0) is 4.79 Å². The molecule has 0 spiro atoms. The quantitative estimate of drug-likeness (QED) is 0.894. The lowest BCUT2D eigenvalue weighted by Gasteiger charge is -2.37. The predicted molar refractivity (Wildman–Crippen MR) is 81.5 cm³/mol. The fourth-order valence-electron chi connectivity index (χ4n) is 3.34. The Morgan fingerprint density at radius 2 is 1.71 bits per heavy atom. The van der Waals surface area contributed by atoms with Gasteiger partial charge in [-0.05, 0) is 37.8 Å². The van der Waals surface area contributed by atoms with Crippen LogP contribution in [0.2, 0.25) is 0 Å². The molecule has 2 rings (SSSR count). The number of hydrogen-bond acceptors (Lipinski definition) is 2. The number of aryl methyl sites for hydroxylation is 2. The van der Waals surface area contributed by atoms with Crippen LogP contribution in [0.4, 0.5) is 0 Å². The second-order valence-corrected chi connectivity index (χ2v) is 6.13. The lowest BCUT2D eigenvalue weighted by molar-refractivity contribution is -0.139. The van der Waals surface area contributed by atoms with Crippen molar-refractivity contribution in [2.24, 2.45) is 0 Å². The van der Waals surface area contributed by atoms with Gasteiger partial charge in [-0.2, -0.15) is 0 Å². The Morgan fingerprint density at radius 1 is 1.14 bits per heavy atom. The smallest absolute Gasteiger partial charge is 0.305 e. The highest BCUT2D eigenvalue weighted by molar-refractivity contribution is 5.97. The Morgan fingerprint density at radius 3 is 2.24 bits per heavy atom. The molecule has 0 aliphatic heterocycles. The molecule has 1 saturated carbocycles. The number of benzene rings is 1. The number of carbonyl (C=O) groups is 2. The number of carboxylic acid groups (broad SMARTS) is 1. The van der Waals surface area contributed by atoms with E-state index in [1.807, 2.05) is 32.0 Å². The van der Waals surface area contributed by atoms with Crippen LogP contribution in [0.25, 0.3) is 0 Å². The number of hydrogen-bond donors (Lipinski definition) is 2. The molecule has 0 unspecified atom stereocenters. The maximum absolute atomic E-state index is 12.6. The zero-order chi connectivity index (χ0) is 15.5. The molecule has 21 heavy (non-hydrogen) atoms. The first-order chi connectivity index (χ1) is 9.93. The van der Waals surface area contributed by atoms with Gasteiger partial charge in [0.25, 0.3) is 5.91 Å². The van der Waals surface area contributed by atoms with Crippen molar-refractivity contribution in [2.45, 2.75) is 57.9 Å². The Hall–Kier alpha value is -1.84. The summed E-state index contributed by atoms with van der Waals surface area (Å²) in [7, 11) is 0. The molecule has 1 aromatic rings. The average molecular weight is 289 g/mol. The number of amides is 1. The number of aliphatic carboxylic acids is 1. The Kier molecular flexibility index (Phi) is 4.66. The highest BCUT2D eigenvalue weighted by Gasteiger charge is 2.36. The molecule has 4 heteroatoms. The monoisotopic (exact) mass is 289 g/mol. The molecule has 0 radical (unpaired) electrons. The minimum Gasteiger partial charge on any atom is -0.481 e. The largest absolute Gasteiger partial charge is 0.481 e. The number of nitrogens with one attached hydrogen (secondary N) is 1. The third-order valence-electron chi connectivity index (χ3n) is 4.39. The molecule has 1 amide bonds. The van der Waals surface area contributed by atoms with E-state index >= 15 is 0 Å². The van der Waals surface area contributed by atoms with E-state index in [1.165, 1.54) is 0 Å². The van der Waals surface area contributed by atoms with Crippen LogP contribution >= 0.6 is 0 Å². The van der Waals surface area contributed by atoms with Crippen LogP contribution in [0.3, 0.4) is 0 Å². The Labute approximate surface area is 125 Å². The van der Waals surface area contributed by atoms with Gasteiger partial charge in [0.05, 0.1) is 12.0 Å². The molecule has 114 valence electrons. The average Bonchev–Trinajstić information content (AvgIpc) is 2.38. The van der Waals surface area contributed by atoms with Crippen molar-refractivity contribution in [3.05, 3.63) is 34.9 Å². The molecule has 1 aliphatic carbocycles. The predicted octanol–water partition coefficient (Wildman–Crippen LogP) is 3.21. The standard InChI is InChI=1S/C17H23NO3/c1-12-7-6-8-13(2)15(12)16(21)18-17(11-14(19)20)9-4-3-5-10-17/h6-8H,3-5,9-11H2,1-2H3,(H,18,21)(H,19,20). The van der Waals surface area contributed by atoms with E-state index in [0.717, 1.165) is 43.2 Å². The summed E-state index contributed by atoms with van der Waals surface area (Å²) in [4.78, 5) is 23.8. The molecule has 4 nitrogen and oxygen atoms in total. The van der Waals surface area contributed by atoms with Gasteiger partial charge in [0.15, 0.2) is 0 Å². The maximum atomic E-state index is 12.6. The lowest BCUT2D eigenvalue weighted by Crippen LogP contribution is -2.51. The number of carboxylic acids is 1. The fourth-order valence-corrected chi connectivity index (χ4v) is 3.34. The third kappa shape index (κ3) is 3.63. The molecule has 0 bridgehead atoms. The van der Waals surface area contributed by atoms with E-state index in [1.54, 1.807) is 0 Å². The van der Waals surface area contributed by atoms with Crippen LogP contribution in [0.1, 0.15) is 60.0 Å². The van der Waals surface area contributed by atoms with E-state index in [2.05, 4.69) is 5.32 Å². The number of rotatable bonds is 4. The summed E-state index contributed by atoms with van der Waals surface area (Å²) in [5.41, 5.74) is 1.94. The van der Waals surface area contributed by atoms with Crippen molar-refractivity contribution >= 4 is 11.9 Å². The maximum Gasteiger partial charge on any atom is 0.305 e. The minimum atomic E-state index is -0.848. The van der Waals surface area contributed by atoms with Crippen LogP contribution in [0.5, 0.6) is 0 Å². The molecule has 0 atom stereocenters.